The van der Waals surface area contributed by atoms with Gasteiger partial charge in [0.25, 0.3) is 11.8 Å². The predicted octanol–water partition coefficient (Wildman–Crippen LogP) is 4.12. The SMILES string of the molecule is COc1ccccc1CCCNC(=O)/C(=C/c1ccco1)NC(=O)c1cccc(C)c1. The van der Waals surface area contributed by atoms with Gasteiger partial charge in [-0.25, -0.2) is 0 Å². The van der Waals surface area contributed by atoms with Gasteiger partial charge in [0, 0.05) is 18.2 Å². The molecule has 0 aliphatic carbocycles. The summed E-state index contributed by atoms with van der Waals surface area (Å²) in [6.07, 6.45) is 4.52. The molecule has 0 unspecified atom stereocenters. The number of amides is 2. The molecule has 2 amide bonds. The molecule has 0 saturated carbocycles. The second-order valence-electron chi connectivity index (χ2n) is 7.07. The van der Waals surface area contributed by atoms with Crippen LogP contribution in [0.1, 0.15) is 33.7 Å². The average molecular weight is 418 g/mol. The number of methoxy groups -OCH3 is 1. The van der Waals surface area contributed by atoms with E-state index in [2.05, 4.69) is 10.6 Å². The van der Waals surface area contributed by atoms with Gasteiger partial charge in [-0.05, 0) is 55.7 Å². The third-order valence-corrected chi connectivity index (χ3v) is 4.70. The number of para-hydroxylation sites is 1. The van der Waals surface area contributed by atoms with Crippen molar-refractivity contribution in [3.05, 3.63) is 95.1 Å². The molecule has 1 aromatic heterocycles. The monoisotopic (exact) mass is 418 g/mol. The van der Waals surface area contributed by atoms with Gasteiger partial charge in [0.05, 0.1) is 13.4 Å². The fraction of sp³-hybridized carbons (Fsp3) is 0.200. The lowest BCUT2D eigenvalue weighted by molar-refractivity contribution is -0.117. The zero-order valence-corrected chi connectivity index (χ0v) is 17.7. The van der Waals surface area contributed by atoms with E-state index in [1.165, 1.54) is 12.3 Å². The molecule has 31 heavy (non-hydrogen) atoms. The maximum absolute atomic E-state index is 12.8. The largest absolute Gasteiger partial charge is 0.496 e. The summed E-state index contributed by atoms with van der Waals surface area (Å²) in [5, 5.41) is 5.57. The first-order valence-electron chi connectivity index (χ1n) is 10.1. The topological polar surface area (TPSA) is 80.6 Å². The van der Waals surface area contributed by atoms with E-state index in [-0.39, 0.29) is 17.5 Å². The van der Waals surface area contributed by atoms with Crippen LogP contribution in [-0.4, -0.2) is 25.5 Å². The third-order valence-electron chi connectivity index (χ3n) is 4.70. The van der Waals surface area contributed by atoms with Crippen LogP contribution in [0.25, 0.3) is 6.08 Å². The highest BCUT2D eigenvalue weighted by atomic mass is 16.5. The predicted molar refractivity (Wildman–Crippen MR) is 120 cm³/mol. The van der Waals surface area contributed by atoms with Crippen LogP contribution in [0.2, 0.25) is 0 Å². The number of benzene rings is 2. The smallest absolute Gasteiger partial charge is 0.267 e. The van der Waals surface area contributed by atoms with Crippen LogP contribution in [0.4, 0.5) is 0 Å². The van der Waals surface area contributed by atoms with Crippen molar-refractivity contribution in [3.63, 3.8) is 0 Å². The van der Waals surface area contributed by atoms with Crippen molar-refractivity contribution < 1.29 is 18.7 Å². The molecule has 2 N–H and O–H groups in total. The Morgan fingerprint density at radius 2 is 1.90 bits per heavy atom. The minimum absolute atomic E-state index is 0.124. The lowest BCUT2D eigenvalue weighted by Gasteiger charge is -2.12. The van der Waals surface area contributed by atoms with Crippen molar-refractivity contribution in [3.8, 4) is 5.75 Å². The molecule has 0 spiro atoms. The lowest BCUT2D eigenvalue weighted by atomic mass is 10.1. The minimum Gasteiger partial charge on any atom is -0.496 e. The van der Waals surface area contributed by atoms with E-state index in [0.29, 0.717) is 17.9 Å². The fourth-order valence-corrected chi connectivity index (χ4v) is 3.14. The Bertz CT molecular complexity index is 1050. The van der Waals surface area contributed by atoms with Gasteiger partial charge in [0.15, 0.2) is 0 Å². The van der Waals surface area contributed by atoms with E-state index in [1.54, 1.807) is 37.4 Å². The zero-order valence-electron chi connectivity index (χ0n) is 17.7. The molecule has 0 saturated heterocycles. The molecule has 160 valence electrons. The van der Waals surface area contributed by atoms with Crippen LogP contribution >= 0.6 is 0 Å². The number of ether oxygens (including phenoxy) is 1. The average Bonchev–Trinajstić information content (AvgIpc) is 3.29. The van der Waals surface area contributed by atoms with Gasteiger partial charge in [-0.2, -0.15) is 0 Å². The van der Waals surface area contributed by atoms with Crippen LogP contribution < -0.4 is 15.4 Å². The second-order valence-corrected chi connectivity index (χ2v) is 7.07. The second kappa shape index (κ2) is 10.8. The van der Waals surface area contributed by atoms with E-state index in [9.17, 15) is 9.59 Å². The van der Waals surface area contributed by atoms with Crippen molar-refractivity contribution in [2.75, 3.05) is 13.7 Å². The highest BCUT2D eigenvalue weighted by Crippen LogP contribution is 2.18. The van der Waals surface area contributed by atoms with Crippen molar-refractivity contribution in [1.29, 1.82) is 0 Å². The van der Waals surface area contributed by atoms with Crippen LogP contribution in [0.3, 0.4) is 0 Å². The zero-order chi connectivity index (χ0) is 22.1. The summed E-state index contributed by atoms with van der Waals surface area (Å²) in [6, 6.07) is 18.4. The molecule has 6 heteroatoms. The number of carbonyl (C=O) groups is 2. The summed E-state index contributed by atoms with van der Waals surface area (Å²) >= 11 is 0. The molecule has 0 fully saturated rings. The van der Waals surface area contributed by atoms with Crippen molar-refractivity contribution in [2.45, 2.75) is 19.8 Å². The van der Waals surface area contributed by atoms with E-state index >= 15 is 0 Å². The van der Waals surface area contributed by atoms with Crippen LogP contribution in [0, 0.1) is 6.92 Å². The Balaban J connectivity index is 1.63. The summed E-state index contributed by atoms with van der Waals surface area (Å²) in [5.74, 6) is 0.574. The molecule has 0 atom stereocenters. The Labute approximate surface area is 181 Å². The first kappa shape index (κ1) is 21.9. The van der Waals surface area contributed by atoms with Gasteiger partial charge < -0.3 is 19.8 Å². The van der Waals surface area contributed by atoms with E-state index in [1.807, 2.05) is 37.3 Å². The summed E-state index contributed by atoms with van der Waals surface area (Å²) in [5.41, 5.74) is 2.65. The first-order chi connectivity index (χ1) is 15.1. The Hall–Kier alpha value is -3.80. The Morgan fingerprint density at radius 3 is 2.65 bits per heavy atom. The number of hydrogen-bond acceptors (Lipinski definition) is 4. The van der Waals surface area contributed by atoms with Crippen LogP contribution in [0.15, 0.2) is 77.0 Å². The maximum Gasteiger partial charge on any atom is 0.267 e. The molecular formula is C25H26N2O4. The first-order valence-corrected chi connectivity index (χ1v) is 10.1. The van der Waals surface area contributed by atoms with E-state index < -0.39 is 0 Å². The number of furan rings is 1. The molecule has 3 rings (SSSR count). The highest BCUT2D eigenvalue weighted by molar-refractivity contribution is 6.05. The van der Waals surface area contributed by atoms with Crippen LogP contribution in [-0.2, 0) is 11.2 Å². The lowest BCUT2D eigenvalue weighted by Crippen LogP contribution is -2.35. The van der Waals surface area contributed by atoms with Gasteiger partial charge in [0.2, 0.25) is 0 Å². The molecule has 6 nitrogen and oxygen atoms in total. The van der Waals surface area contributed by atoms with Gasteiger partial charge in [-0.15, -0.1) is 0 Å². The molecule has 2 aromatic carbocycles. The van der Waals surface area contributed by atoms with E-state index in [4.69, 9.17) is 9.15 Å². The van der Waals surface area contributed by atoms with Gasteiger partial charge in [-0.3, -0.25) is 9.59 Å². The third kappa shape index (κ3) is 6.34. The highest BCUT2D eigenvalue weighted by Gasteiger charge is 2.15. The van der Waals surface area contributed by atoms with Crippen LogP contribution in [0.5, 0.6) is 5.75 Å². The molecule has 0 bridgehead atoms. The van der Waals surface area contributed by atoms with Gasteiger partial charge in [0.1, 0.15) is 17.2 Å². The summed E-state index contributed by atoms with van der Waals surface area (Å²) < 4.78 is 10.7. The van der Waals surface area contributed by atoms with Crippen molar-refractivity contribution in [1.82, 2.24) is 10.6 Å². The number of hydrogen-bond donors (Lipinski definition) is 2. The van der Waals surface area contributed by atoms with E-state index in [0.717, 1.165) is 29.7 Å². The minimum atomic E-state index is -0.377. The summed E-state index contributed by atoms with van der Waals surface area (Å²) in [7, 11) is 1.64. The van der Waals surface area contributed by atoms with Gasteiger partial charge >= 0.3 is 0 Å². The fourth-order valence-electron chi connectivity index (χ4n) is 3.14. The summed E-state index contributed by atoms with van der Waals surface area (Å²) in [6.45, 7) is 2.36. The summed E-state index contributed by atoms with van der Waals surface area (Å²) in [4.78, 5) is 25.4. The molecule has 3 aromatic rings. The number of aryl methyl sites for hydroxylation is 2. The number of carbonyl (C=O) groups excluding carboxylic acids is 2. The van der Waals surface area contributed by atoms with Crippen molar-refractivity contribution >= 4 is 17.9 Å². The molecule has 0 aliphatic rings. The molecule has 1 heterocycles. The molecule has 0 aliphatic heterocycles. The normalized spacial score (nSPS) is 11.1. The number of rotatable bonds is 9. The Morgan fingerprint density at radius 1 is 1.06 bits per heavy atom. The maximum atomic E-state index is 12.8. The van der Waals surface area contributed by atoms with Gasteiger partial charge in [-0.1, -0.05) is 35.9 Å². The van der Waals surface area contributed by atoms with Crippen molar-refractivity contribution in [2.24, 2.45) is 0 Å². The quantitative estimate of drug-likeness (QED) is 0.405. The number of nitrogens with one attached hydrogen (secondary N) is 2. The molecule has 0 radical (unpaired) electrons. The Kier molecular flexibility index (Phi) is 7.65. The molecular weight excluding hydrogens is 392 g/mol. The standard InChI is InChI=1S/C25H26N2O4/c1-18-8-5-10-20(16-18)24(28)27-22(17-21-12-7-15-31-21)25(29)26-14-6-11-19-9-3-4-13-23(19)30-2/h3-5,7-10,12-13,15-17H,6,11,14H2,1-2H3,(H,26,29)(H,27,28)/b22-17-.